The van der Waals surface area contributed by atoms with Crippen molar-refractivity contribution in [3.8, 4) is 11.3 Å². The Labute approximate surface area is 167 Å². The van der Waals surface area contributed by atoms with Crippen LogP contribution < -0.4 is 5.73 Å². The van der Waals surface area contributed by atoms with Gasteiger partial charge in [-0.1, -0.05) is 41.4 Å². The van der Waals surface area contributed by atoms with Gasteiger partial charge in [-0.3, -0.25) is 9.89 Å². The number of nitrogens with one attached hydrogen (secondary N) is 1. The molecule has 7 heteroatoms. The Morgan fingerprint density at radius 2 is 1.96 bits per heavy atom. The Morgan fingerprint density at radius 1 is 1.15 bits per heavy atom. The topological polar surface area (TPSA) is 75.0 Å². The molecule has 2 aromatic carbocycles. The highest BCUT2D eigenvalue weighted by Crippen LogP contribution is 2.28. The number of hydrogen-bond donors (Lipinski definition) is 2. The summed E-state index contributed by atoms with van der Waals surface area (Å²) >= 11 is 12.1. The number of rotatable bonds is 4. The molecule has 0 fully saturated rings. The standard InChI is InChI=1S/C20H18Cl2N4O/c21-16-4-3-12(17(22)9-16)8-18(23)20(27)26-10-14-2-1-13(7-15(14)11-26)19-5-6-24-25-19/h1-7,9,18H,8,10-11,23H2,(H,24,25)/t18-/m1/s1. The Balaban J connectivity index is 1.46. The molecule has 5 nitrogen and oxygen atoms in total. The van der Waals surface area contributed by atoms with Crippen molar-refractivity contribution in [2.24, 2.45) is 5.73 Å². The van der Waals surface area contributed by atoms with Crippen molar-refractivity contribution in [2.75, 3.05) is 0 Å². The second-order valence-corrected chi connectivity index (χ2v) is 7.54. The van der Waals surface area contributed by atoms with Crippen molar-refractivity contribution in [2.45, 2.75) is 25.6 Å². The van der Waals surface area contributed by atoms with Crippen molar-refractivity contribution >= 4 is 29.1 Å². The second kappa shape index (κ2) is 7.35. The zero-order valence-electron chi connectivity index (χ0n) is 14.5. The molecule has 3 N–H and O–H groups in total. The third kappa shape index (κ3) is 3.72. The molecule has 1 aliphatic heterocycles. The second-order valence-electron chi connectivity index (χ2n) is 6.69. The zero-order valence-corrected chi connectivity index (χ0v) is 16.0. The van der Waals surface area contributed by atoms with E-state index in [4.69, 9.17) is 28.9 Å². The van der Waals surface area contributed by atoms with E-state index in [9.17, 15) is 4.79 Å². The first-order valence-corrected chi connectivity index (χ1v) is 9.36. The van der Waals surface area contributed by atoms with Crippen LogP contribution in [0, 0.1) is 0 Å². The molecule has 0 radical (unpaired) electrons. The van der Waals surface area contributed by atoms with E-state index >= 15 is 0 Å². The maximum atomic E-state index is 12.8. The molecule has 27 heavy (non-hydrogen) atoms. The molecule has 1 aliphatic rings. The van der Waals surface area contributed by atoms with Crippen LogP contribution in [0.15, 0.2) is 48.7 Å². The number of halogens is 2. The van der Waals surface area contributed by atoms with E-state index in [1.54, 1.807) is 23.2 Å². The van der Waals surface area contributed by atoms with E-state index < -0.39 is 6.04 Å². The van der Waals surface area contributed by atoms with Gasteiger partial charge in [0.2, 0.25) is 5.91 Å². The lowest BCUT2D eigenvalue weighted by molar-refractivity contribution is -0.133. The van der Waals surface area contributed by atoms with Crippen LogP contribution in [0.5, 0.6) is 0 Å². The number of fused-ring (bicyclic) bond motifs is 1. The van der Waals surface area contributed by atoms with Crippen molar-refractivity contribution < 1.29 is 4.79 Å². The number of aromatic amines is 1. The SMILES string of the molecule is N[C@H](Cc1ccc(Cl)cc1Cl)C(=O)N1Cc2ccc(-c3ccn[nH]3)cc2C1. The van der Waals surface area contributed by atoms with Gasteiger partial charge in [0.1, 0.15) is 0 Å². The molecule has 1 aromatic heterocycles. The van der Waals surface area contributed by atoms with Gasteiger partial charge in [-0.15, -0.1) is 0 Å². The smallest absolute Gasteiger partial charge is 0.240 e. The van der Waals surface area contributed by atoms with Crippen molar-refractivity contribution in [1.29, 1.82) is 0 Å². The number of aromatic nitrogens is 2. The maximum Gasteiger partial charge on any atom is 0.240 e. The van der Waals surface area contributed by atoms with E-state index in [0.29, 0.717) is 29.6 Å². The number of nitrogens with two attached hydrogens (primary N) is 1. The molecule has 4 rings (SSSR count). The summed E-state index contributed by atoms with van der Waals surface area (Å²) in [6, 6.07) is 12.7. The van der Waals surface area contributed by atoms with Gasteiger partial charge in [0.05, 0.1) is 11.7 Å². The number of benzene rings is 2. The van der Waals surface area contributed by atoms with Gasteiger partial charge >= 0.3 is 0 Å². The van der Waals surface area contributed by atoms with E-state index in [0.717, 1.165) is 27.9 Å². The Hall–Kier alpha value is -2.34. The highest BCUT2D eigenvalue weighted by Gasteiger charge is 2.28. The predicted octanol–water partition coefficient (Wildman–Crippen LogP) is 3.80. The van der Waals surface area contributed by atoms with Crippen LogP contribution in [0.25, 0.3) is 11.3 Å². The lowest BCUT2D eigenvalue weighted by atomic mass is 10.0. The average molecular weight is 401 g/mol. The Kier molecular flexibility index (Phi) is 4.91. The number of amides is 1. The summed E-state index contributed by atoms with van der Waals surface area (Å²) in [7, 11) is 0. The van der Waals surface area contributed by atoms with Crippen LogP contribution in [0.3, 0.4) is 0 Å². The van der Waals surface area contributed by atoms with Gasteiger partial charge in [0, 0.05) is 29.3 Å². The molecule has 138 valence electrons. The third-order valence-electron chi connectivity index (χ3n) is 4.82. The normalized spacial score (nSPS) is 14.3. The maximum absolute atomic E-state index is 12.8. The van der Waals surface area contributed by atoms with Crippen LogP contribution in [0.1, 0.15) is 16.7 Å². The summed E-state index contributed by atoms with van der Waals surface area (Å²) in [5.41, 5.74) is 11.3. The Morgan fingerprint density at radius 3 is 2.70 bits per heavy atom. The molecular weight excluding hydrogens is 383 g/mol. The fraction of sp³-hybridized carbons (Fsp3) is 0.200. The number of H-pyrrole nitrogens is 1. The number of carbonyl (C=O) groups excluding carboxylic acids is 1. The lowest BCUT2D eigenvalue weighted by Gasteiger charge is -2.20. The average Bonchev–Trinajstić information content (AvgIpc) is 3.32. The quantitative estimate of drug-likeness (QED) is 0.699. The summed E-state index contributed by atoms with van der Waals surface area (Å²) in [6.45, 7) is 1.12. The highest BCUT2D eigenvalue weighted by molar-refractivity contribution is 6.35. The van der Waals surface area contributed by atoms with Crippen LogP contribution in [-0.4, -0.2) is 27.0 Å². The minimum Gasteiger partial charge on any atom is -0.333 e. The number of carbonyl (C=O) groups is 1. The monoisotopic (exact) mass is 400 g/mol. The van der Waals surface area contributed by atoms with Crippen LogP contribution in [-0.2, 0) is 24.3 Å². The predicted molar refractivity (Wildman–Crippen MR) is 106 cm³/mol. The molecule has 1 atom stereocenters. The van der Waals surface area contributed by atoms with Crippen LogP contribution >= 0.6 is 23.2 Å². The van der Waals surface area contributed by atoms with E-state index in [2.05, 4.69) is 22.3 Å². The van der Waals surface area contributed by atoms with Crippen LogP contribution in [0.2, 0.25) is 10.0 Å². The minimum atomic E-state index is -0.648. The largest absolute Gasteiger partial charge is 0.333 e. The summed E-state index contributed by atoms with van der Waals surface area (Å²) in [4.78, 5) is 14.6. The first-order chi connectivity index (χ1) is 13.0. The number of hydrogen-bond acceptors (Lipinski definition) is 3. The molecule has 0 saturated carbocycles. The summed E-state index contributed by atoms with van der Waals surface area (Å²) < 4.78 is 0. The van der Waals surface area contributed by atoms with Gasteiger partial charge < -0.3 is 10.6 Å². The minimum absolute atomic E-state index is 0.0830. The molecule has 0 spiro atoms. The third-order valence-corrected chi connectivity index (χ3v) is 5.41. The van der Waals surface area contributed by atoms with E-state index in [1.165, 1.54) is 0 Å². The van der Waals surface area contributed by atoms with Crippen molar-refractivity contribution in [1.82, 2.24) is 15.1 Å². The Bertz CT molecular complexity index is 988. The zero-order chi connectivity index (χ0) is 19.0. The van der Waals surface area contributed by atoms with Gasteiger partial charge in [0.15, 0.2) is 0 Å². The fourth-order valence-corrected chi connectivity index (χ4v) is 3.87. The van der Waals surface area contributed by atoms with Crippen LogP contribution in [0.4, 0.5) is 0 Å². The molecule has 3 aromatic rings. The number of nitrogens with zero attached hydrogens (tertiary/aromatic N) is 2. The summed E-state index contributed by atoms with van der Waals surface area (Å²) in [6.07, 6.45) is 2.10. The first kappa shape index (κ1) is 18.0. The molecule has 0 unspecified atom stereocenters. The molecule has 0 aliphatic carbocycles. The van der Waals surface area contributed by atoms with E-state index in [-0.39, 0.29) is 5.91 Å². The van der Waals surface area contributed by atoms with E-state index in [1.807, 2.05) is 18.2 Å². The van der Waals surface area contributed by atoms with Gasteiger partial charge in [0.25, 0.3) is 0 Å². The summed E-state index contributed by atoms with van der Waals surface area (Å²) in [5, 5.41) is 8.04. The van der Waals surface area contributed by atoms with Gasteiger partial charge in [-0.25, -0.2) is 0 Å². The first-order valence-electron chi connectivity index (χ1n) is 8.61. The van der Waals surface area contributed by atoms with Crippen molar-refractivity contribution in [3.05, 3.63) is 75.4 Å². The molecular formula is C20H18Cl2N4O. The fourth-order valence-electron chi connectivity index (χ4n) is 3.38. The highest BCUT2D eigenvalue weighted by atomic mass is 35.5. The summed E-state index contributed by atoms with van der Waals surface area (Å²) in [5.74, 6) is -0.0830. The molecule has 2 heterocycles. The van der Waals surface area contributed by atoms with Crippen molar-refractivity contribution in [3.63, 3.8) is 0 Å². The molecule has 0 bridgehead atoms. The van der Waals surface area contributed by atoms with Gasteiger partial charge in [-0.2, -0.15) is 5.10 Å². The molecule has 1 amide bonds. The lowest BCUT2D eigenvalue weighted by Crippen LogP contribution is -2.42. The van der Waals surface area contributed by atoms with Gasteiger partial charge in [-0.05, 0) is 52.9 Å². The molecule has 0 saturated heterocycles.